The molecule has 0 bridgehead atoms. The second-order valence-electron chi connectivity index (χ2n) is 8.05. The zero-order valence-electron chi connectivity index (χ0n) is 17.8. The molecule has 0 atom stereocenters. The number of hydrogen-bond acceptors (Lipinski definition) is 4. The number of ether oxygens (including phenoxy) is 1. The van der Waals surface area contributed by atoms with Crippen molar-refractivity contribution in [3.8, 4) is 0 Å². The third-order valence-corrected chi connectivity index (χ3v) is 6.20. The van der Waals surface area contributed by atoms with E-state index >= 15 is 0 Å². The van der Waals surface area contributed by atoms with Crippen LogP contribution in [0.5, 0.6) is 0 Å². The first-order valence-electron chi connectivity index (χ1n) is 10.5. The molecule has 4 rings (SSSR count). The summed E-state index contributed by atoms with van der Waals surface area (Å²) in [6.45, 7) is 3.61. The molecule has 2 heterocycles. The summed E-state index contributed by atoms with van der Waals surface area (Å²) < 4.78 is 10.7. The van der Waals surface area contributed by atoms with E-state index in [1.807, 2.05) is 31.2 Å². The average Bonchev–Trinajstić information content (AvgIpc) is 3.35. The summed E-state index contributed by atoms with van der Waals surface area (Å²) in [7, 11) is 0. The van der Waals surface area contributed by atoms with Crippen LogP contribution in [-0.2, 0) is 10.2 Å². The Balaban J connectivity index is 1.50. The largest absolute Gasteiger partial charge is 0.459 e. The number of halogens is 1. The van der Waals surface area contributed by atoms with Crippen molar-refractivity contribution >= 4 is 29.1 Å². The highest BCUT2D eigenvalue weighted by Gasteiger charge is 2.35. The first-order valence-corrected chi connectivity index (χ1v) is 10.9. The summed E-state index contributed by atoms with van der Waals surface area (Å²) in [6, 6.07) is 16.3. The van der Waals surface area contributed by atoms with E-state index in [2.05, 4.69) is 16.7 Å². The van der Waals surface area contributed by atoms with Crippen LogP contribution in [0, 0.1) is 6.92 Å². The maximum absolute atomic E-state index is 13.0. The topological polar surface area (TPSA) is 80.6 Å². The first kappa shape index (κ1) is 22.1. The van der Waals surface area contributed by atoms with Crippen LogP contribution >= 0.6 is 11.6 Å². The number of carbonyl (C=O) groups excluding carboxylic acids is 2. The fourth-order valence-corrected chi connectivity index (χ4v) is 4.18. The van der Waals surface area contributed by atoms with Gasteiger partial charge < -0.3 is 19.8 Å². The second kappa shape index (κ2) is 9.59. The van der Waals surface area contributed by atoms with Crippen LogP contribution in [-0.4, -0.2) is 31.6 Å². The van der Waals surface area contributed by atoms with Gasteiger partial charge in [-0.25, -0.2) is 0 Å². The Morgan fingerprint density at radius 3 is 2.56 bits per heavy atom. The number of anilines is 1. The van der Waals surface area contributed by atoms with Crippen molar-refractivity contribution in [1.29, 1.82) is 0 Å². The highest BCUT2D eigenvalue weighted by atomic mass is 35.5. The Bertz CT molecular complexity index is 1100. The fourth-order valence-electron chi connectivity index (χ4n) is 3.99. The van der Waals surface area contributed by atoms with Gasteiger partial charge in [0.05, 0.1) is 6.26 Å². The second-order valence-corrected chi connectivity index (χ2v) is 8.48. The number of amides is 2. The standard InChI is InChI=1S/C25H25ClN2O4/c1-17-7-8-18(14-21(17)28-24(30)22-6-3-11-32-22)23(29)27-16-25(9-12-31-13-10-25)19-4-2-5-20(26)15-19/h2-8,11,14-15H,9-10,12-13,16H2,1H3,(H,27,29)(H,28,30). The quantitative estimate of drug-likeness (QED) is 0.553. The van der Waals surface area contributed by atoms with E-state index in [4.69, 9.17) is 20.8 Å². The fraction of sp³-hybridized carbons (Fsp3) is 0.280. The maximum atomic E-state index is 13.0. The zero-order chi connectivity index (χ0) is 22.6. The molecule has 1 aromatic heterocycles. The molecule has 0 radical (unpaired) electrons. The van der Waals surface area contributed by atoms with Crippen molar-refractivity contribution in [2.45, 2.75) is 25.2 Å². The molecular formula is C25H25ClN2O4. The van der Waals surface area contributed by atoms with Gasteiger partial charge in [-0.05, 0) is 67.3 Å². The van der Waals surface area contributed by atoms with Crippen molar-refractivity contribution < 1.29 is 18.7 Å². The van der Waals surface area contributed by atoms with Gasteiger partial charge in [0, 0.05) is 41.4 Å². The highest BCUT2D eigenvalue weighted by Crippen LogP contribution is 2.35. The lowest BCUT2D eigenvalue weighted by molar-refractivity contribution is 0.0487. The summed E-state index contributed by atoms with van der Waals surface area (Å²) in [5.74, 6) is -0.355. The van der Waals surface area contributed by atoms with E-state index < -0.39 is 0 Å². The molecule has 1 aliphatic rings. The molecule has 1 aliphatic heterocycles. The Kier molecular flexibility index (Phi) is 6.63. The van der Waals surface area contributed by atoms with Crippen LogP contribution < -0.4 is 10.6 Å². The monoisotopic (exact) mass is 452 g/mol. The Hall–Kier alpha value is -3.09. The molecule has 7 heteroatoms. The number of nitrogens with one attached hydrogen (secondary N) is 2. The van der Waals surface area contributed by atoms with Crippen molar-refractivity contribution in [2.75, 3.05) is 25.1 Å². The van der Waals surface area contributed by atoms with Crippen LogP contribution in [0.15, 0.2) is 65.3 Å². The third-order valence-electron chi connectivity index (χ3n) is 5.97. The van der Waals surface area contributed by atoms with Crippen molar-refractivity contribution in [3.05, 3.63) is 88.3 Å². The average molecular weight is 453 g/mol. The molecule has 1 saturated heterocycles. The van der Waals surface area contributed by atoms with Gasteiger partial charge in [-0.1, -0.05) is 29.8 Å². The summed E-state index contributed by atoms with van der Waals surface area (Å²) in [6.07, 6.45) is 3.04. The Labute approximate surface area is 191 Å². The molecule has 3 aromatic rings. The molecule has 0 unspecified atom stereocenters. The zero-order valence-corrected chi connectivity index (χ0v) is 18.6. The number of aryl methyl sites for hydroxylation is 1. The van der Waals surface area contributed by atoms with E-state index in [1.165, 1.54) is 6.26 Å². The molecule has 6 nitrogen and oxygen atoms in total. The predicted octanol–water partition coefficient (Wildman–Crippen LogP) is 4.97. The summed E-state index contributed by atoms with van der Waals surface area (Å²) in [5, 5.41) is 6.57. The van der Waals surface area contributed by atoms with Crippen molar-refractivity contribution in [3.63, 3.8) is 0 Å². The molecule has 0 aliphatic carbocycles. The number of rotatable bonds is 6. The predicted molar refractivity (Wildman–Crippen MR) is 123 cm³/mol. The minimum atomic E-state index is -0.363. The van der Waals surface area contributed by atoms with Crippen LogP contribution in [0.25, 0.3) is 0 Å². The normalized spacial score (nSPS) is 15.2. The van der Waals surface area contributed by atoms with Crippen LogP contribution in [0.1, 0.15) is 44.9 Å². The van der Waals surface area contributed by atoms with E-state index in [0.29, 0.717) is 36.0 Å². The van der Waals surface area contributed by atoms with Gasteiger partial charge in [-0.15, -0.1) is 0 Å². The first-order chi connectivity index (χ1) is 15.5. The number of benzene rings is 2. The van der Waals surface area contributed by atoms with Gasteiger partial charge in [0.15, 0.2) is 5.76 Å². The molecule has 2 N–H and O–H groups in total. The van der Waals surface area contributed by atoms with E-state index in [0.717, 1.165) is 24.0 Å². The summed E-state index contributed by atoms with van der Waals surface area (Å²) >= 11 is 6.24. The number of furan rings is 1. The number of carbonyl (C=O) groups is 2. The van der Waals surface area contributed by atoms with Crippen LogP contribution in [0.4, 0.5) is 5.69 Å². The molecule has 2 aromatic carbocycles. The molecular weight excluding hydrogens is 428 g/mol. The van der Waals surface area contributed by atoms with E-state index in [9.17, 15) is 9.59 Å². The molecule has 0 spiro atoms. The van der Waals surface area contributed by atoms with Crippen molar-refractivity contribution in [1.82, 2.24) is 5.32 Å². The lowest BCUT2D eigenvalue weighted by Gasteiger charge is -2.38. The van der Waals surface area contributed by atoms with Crippen molar-refractivity contribution in [2.24, 2.45) is 0 Å². The lowest BCUT2D eigenvalue weighted by Crippen LogP contribution is -2.44. The van der Waals surface area contributed by atoms with Gasteiger partial charge in [0.25, 0.3) is 11.8 Å². The minimum Gasteiger partial charge on any atom is -0.459 e. The summed E-state index contributed by atoms with van der Waals surface area (Å²) in [4.78, 5) is 25.3. The van der Waals surface area contributed by atoms with Gasteiger partial charge in [0.2, 0.25) is 0 Å². The molecule has 0 saturated carbocycles. The molecule has 32 heavy (non-hydrogen) atoms. The maximum Gasteiger partial charge on any atom is 0.291 e. The minimum absolute atomic E-state index is 0.202. The van der Waals surface area contributed by atoms with Crippen LogP contribution in [0.3, 0.4) is 0 Å². The highest BCUT2D eigenvalue weighted by molar-refractivity contribution is 6.30. The SMILES string of the molecule is Cc1ccc(C(=O)NCC2(c3cccc(Cl)c3)CCOCC2)cc1NC(=O)c1ccco1. The lowest BCUT2D eigenvalue weighted by atomic mass is 9.74. The number of hydrogen-bond donors (Lipinski definition) is 2. The van der Waals surface area contributed by atoms with E-state index in [-0.39, 0.29) is 23.0 Å². The van der Waals surface area contributed by atoms with Gasteiger partial charge in [0.1, 0.15) is 0 Å². The van der Waals surface area contributed by atoms with Gasteiger partial charge in [-0.2, -0.15) is 0 Å². The molecule has 2 amide bonds. The molecule has 166 valence electrons. The Morgan fingerprint density at radius 2 is 1.84 bits per heavy atom. The summed E-state index contributed by atoms with van der Waals surface area (Å²) in [5.41, 5.74) is 2.75. The molecule has 1 fully saturated rings. The smallest absolute Gasteiger partial charge is 0.291 e. The van der Waals surface area contributed by atoms with E-state index in [1.54, 1.807) is 24.3 Å². The third kappa shape index (κ3) is 4.87. The van der Waals surface area contributed by atoms with Crippen LogP contribution in [0.2, 0.25) is 5.02 Å². The Morgan fingerprint density at radius 1 is 1.03 bits per heavy atom. The van der Waals surface area contributed by atoms with Gasteiger partial charge in [-0.3, -0.25) is 9.59 Å². The van der Waals surface area contributed by atoms with Gasteiger partial charge >= 0.3 is 0 Å².